The molecule has 19 heavy (non-hydrogen) atoms. The van der Waals surface area contributed by atoms with Crippen LogP contribution in [0, 0.1) is 10.1 Å². The van der Waals surface area contributed by atoms with Gasteiger partial charge in [0.25, 0.3) is 5.69 Å². The number of nitrogens with one attached hydrogen (secondary N) is 2. The van der Waals surface area contributed by atoms with Crippen molar-refractivity contribution in [1.82, 2.24) is 9.97 Å². The summed E-state index contributed by atoms with van der Waals surface area (Å²) in [6.07, 6.45) is 0. The number of aliphatic hydroxyl groups excluding tert-OH is 1. The molecule has 0 radical (unpaired) electrons. The molecule has 0 spiro atoms. The number of anilines is 1. The highest BCUT2D eigenvalue weighted by Gasteiger charge is 2.09. The molecule has 0 aliphatic carbocycles. The monoisotopic (exact) mass is 266 g/mol. The summed E-state index contributed by atoms with van der Waals surface area (Å²) >= 11 is 0. The van der Waals surface area contributed by atoms with Crippen molar-refractivity contribution >= 4 is 22.7 Å². The van der Waals surface area contributed by atoms with Gasteiger partial charge in [0.2, 0.25) is 5.95 Å². The number of aromatic nitrogens is 2. The van der Waals surface area contributed by atoms with Gasteiger partial charge in [-0.25, -0.2) is 4.98 Å². The van der Waals surface area contributed by atoms with E-state index in [1.54, 1.807) is 6.07 Å². The number of nitro groups is 1. The van der Waals surface area contributed by atoms with E-state index < -0.39 is 4.92 Å². The van der Waals surface area contributed by atoms with Crippen molar-refractivity contribution in [1.29, 1.82) is 0 Å². The summed E-state index contributed by atoms with van der Waals surface area (Å²) in [5, 5.41) is 22.2. The minimum atomic E-state index is -0.448. The number of rotatable bonds is 7. The molecule has 0 atom stereocenters. The first-order valence-electron chi connectivity index (χ1n) is 5.77. The van der Waals surface area contributed by atoms with Crippen LogP contribution in [0.15, 0.2) is 18.2 Å². The Morgan fingerprint density at radius 1 is 1.47 bits per heavy atom. The van der Waals surface area contributed by atoms with Crippen molar-refractivity contribution in [3.63, 3.8) is 0 Å². The van der Waals surface area contributed by atoms with Gasteiger partial charge >= 0.3 is 0 Å². The number of non-ortho nitro benzene ring substituents is 1. The van der Waals surface area contributed by atoms with E-state index in [0.29, 0.717) is 36.7 Å². The summed E-state index contributed by atoms with van der Waals surface area (Å²) in [6.45, 7) is 1.27. The molecule has 1 aromatic carbocycles. The summed E-state index contributed by atoms with van der Waals surface area (Å²) < 4.78 is 5.09. The summed E-state index contributed by atoms with van der Waals surface area (Å²) in [4.78, 5) is 17.4. The van der Waals surface area contributed by atoms with Crippen LogP contribution < -0.4 is 5.32 Å². The van der Waals surface area contributed by atoms with Crippen LogP contribution in [0.2, 0.25) is 0 Å². The van der Waals surface area contributed by atoms with E-state index in [1.165, 1.54) is 12.1 Å². The van der Waals surface area contributed by atoms with Crippen LogP contribution in [-0.4, -0.2) is 46.4 Å². The first kappa shape index (κ1) is 13.2. The summed E-state index contributed by atoms with van der Waals surface area (Å²) in [5.74, 6) is 0.531. The Morgan fingerprint density at radius 3 is 3.05 bits per heavy atom. The van der Waals surface area contributed by atoms with Gasteiger partial charge in [-0.05, 0) is 6.07 Å². The molecule has 0 aliphatic heterocycles. The number of fused-ring (bicyclic) bond motifs is 1. The van der Waals surface area contributed by atoms with Gasteiger partial charge in [0, 0.05) is 18.7 Å². The number of hydrogen-bond acceptors (Lipinski definition) is 6. The second-order valence-corrected chi connectivity index (χ2v) is 3.81. The highest BCUT2D eigenvalue weighted by Crippen LogP contribution is 2.20. The minimum Gasteiger partial charge on any atom is -0.394 e. The van der Waals surface area contributed by atoms with Crippen LogP contribution >= 0.6 is 0 Å². The Morgan fingerprint density at radius 2 is 2.32 bits per heavy atom. The number of nitrogens with zero attached hydrogens (tertiary/aromatic N) is 2. The van der Waals surface area contributed by atoms with Crippen molar-refractivity contribution in [3.8, 4) is 0 Å². The molecule has 0 unspecified atom stereocenters. The van der Waals surface area contributed by atoms with Crippen LogP contribution in [-0.2, 0) is 4.74 Å². The lowest BCUT2D eigenvalue weighted by molar-refractivity contribution is -0.384. The fraction of sp³-hybridized carbons (Fsp3) is 0.364. The zero-order valence-corrected chi connectivity index (χ0v) is 10.1. The molecule has 0 saturated carbocycles. The average molecular weight is 266 g/mol. The quantitative estimate of drug-likeness (QED) is 0.389. The lowest BCUT2D eigenvalue weighted by Gasteiger charge is -2.02. The maximum absolute atomic E-state index is 10.6. The zero-order chi connectivity index (χ0) is 13.7. The molecule has 102 valence electrons. The predicted molar refractivity (Wildman–Crippen MR) is 69.1 cm³/mol. The molecule has 8 nitrogen and oxygen atoms in total. The van der Waals surface area contributed by atoms with E-state index in [9.17, 15) is 10.1 Å². The number of benzene rings is 1. The highest BCUT2D eigenvalue weighted by molar-refractivity contribution is 5.79. The maximum Gasteiger partial charge on any atom is 0.271 e. The molecule has 0 amide bonds. The second-order valence-electron chi connectivity index (χ2n) is 3.81. The van der Waals surface area contributed by atoms with Crippen molar-refractivity contribution in [2.75, 3.05) is 31.7 Å². The molecular weight excluding hydrogens is 252 g/mol. The number of H-pyrrole nitrogens is 1. The summed E-state index contributed by atoms with van der Waals surface area (Å²) in [7, 11) is 0. The topological polar surface area (TPSA) is 113 Å². The molecule has 0 bridgehead atoms. The van der Waals surface area contributed by atoms with E-state index in [-0.39, 0.29) is 12.3 Å². The van der Waals surface area contributed by atoms with Gasteiger partial charge in [-0.2, -0.15) is 0 Å². The number of nitro benzene ring substituents is 1. The smallest absolute Gasteiger partial charge is 0.271 e. The first-order valence-corrected chi connectivity index (χ1v) is 5.77. The zero-order valence-electron chi connectivity index (χ0n) is 10.1. The lowest BCUT2D eigenvalue weighted by atomic mass is 10.3. The third-order valence-electron chi connectivity index (χ3n) is 2.45. The molecule has 2 rings (SSSR count). The molecule has 1 aromatic heterocycles. The normalized spacial score (nSPS) is 10.8. The van der Waals surface area contributed by atoms with Crippen LogP contribution in [0.5, 0.6) is 0 Å². The summed E-state index contributed by atoms with van der Waals surface area (Å²) in [6, 6.07) is 4.45. The van der Waals surface area contributed by atoms with Gasteiger partial charge in [0.05, 0.1) is 35.8 Å². The molecule has 8 heteroatoms. The Bertz CT molecular complexity index is 569. The minimum absolute atomic E-state index is 0.00565. The van der Waals surface area contributed by atoms with Crippen LogP contribution in [0.4, 0.5) is 11.6 Å². The van der Waals surface area contributed by atoms with Gasteiger partial charge < -0.3 is 20.1 Å². The Balaban J connectivity index is 1.99. The molecule has 0 saturated heterocycles. The first-order chi connectivity index (χ1) is 9.20. The van der Waals surface area contributed by atoms with Crippen molar-refractivity contribution in [2.24, 2.45) is 0 Å². The summed E-state index contributed by atoms with van der Waals surface area (Å²) in [5.41, 5.74) is 1.28. The molecular formula is C11H14N4O4. The van der Waals surface area contributed by atoms with Gasteiger partial charge in [0.15, 0.2) is 0 Å². The molecule has 2 aromatic rings. The third kappa shape index (κ3) is 3.39. The standard InChI is InChI=1S/C11H14N4O4/c16-4-6-19-5-3-12-11-13-9-2-1-8(15(17)18)7-10(9)14-11/h1-2,7,16H,3-6H2,(H2,12,13,14). The molecule has 0 fully saturated rings. The maximum atomic E-state index is 10.6. The fourth-order valence-corrected chi connectivity index (χ4v) is 1.60. The Hall–Kier alpha value is -2.19. The lowest BCUT2D eigenvalue weighted by Crippen LogP contribution is -2.11. The molecule has 3 N–H and O–H groups in total. The third-order valence-corrected chi connectivity index (χ3v) is 2.45. The van der Waals surface area contributed by atoms with E-state index in [1.807, 2.05) is 0 Å². The van der Waals surface area contributed by atoms with Gasteiger partial charge in [-0.15, -0.1) is 0 Å². The second kappa shape index (κ2) is 6.12. The van der Waals surface area contributed by atoms with Crippen LogP contribution in [0.1, 0.15) is 0 Å². The SMILES string of the molecule is O=[N+]([O-])c1ccc2nc(NCCOCCO)[nH]c2c1. The van der Waals surface area contributed by atoms with Crippen molar-refractivity contribution in [3.05, 3.63) is 28.3 Å². The van der Waals surface area contributed by atoms with Crippen LogP contribution in [0.25, 0.3) is 11.0 Å². The Labute approximate surface area is 108 Å². The van der Waals surface area contributed by atoms with E-state index in [2.05, 4.69) is 15.3 Å². The molecule has 1 heterocycles. The number of hydrogen-bond donors (Lipinski definition) is 3. The Kier molecular flexibility index (Phi) is 4.26. The van der Waals surface area contributed by atoms with E-state index >= 15 is 0 Å². The van der Waals surface area contributed by atoms with E-state index in [4.69, 9.17) is 9.84 Å². The van der Waals surface area contributed by atoms with Gasteiger partial charge in [-0.3, -0.25) is 10.1 Å². The highest BCUT2D eigenvalue weighted by atomic mass is 16.6. The number of aromatic amines is 1. The van der Waals surface area contributed by atoms with Crippen molar-refractivity contribution < 1.29 is 14.8 Å². The van der Waals surface area contributed by atoms with Gasteiger partial charge in [0.1, 0.15) is 0 Å². The van der Waals surface area contributed by atoms with Crippen molar-refractivity contribution in [2.45, 2.75) is 0 Å². The number of imidazole rings is 1. The molecule has 0 aliphatic rings. The largest absolute Gasteiger partial charge is 0.394 e. The van der Waals surface area contributed by atoms with Gasteiger partial charge in [-0.1, -0.05) is 0 Å². The number of aliphatic hydroxyl groups is 1. The van der Waals surface area contributed by atoms with Crippen LogP contribution in [0.3, 0.4) is 0 Å². The fourth-order valence-electron chi connectivity index (χ4n) is 1.60. The number of ether oxygens (including phenoxy) is 1. The predicted octanol–water partition coefficient (Wildman–Crippen LogP) is 0.892. The average Bonchev–Trinajstić information content (AvgIpc) is 2.80. The van der Waals surface area contributed by atoms with E-state index in [0.717, 1.165) is 0 Å².